The van der Waals surface area contributed by atoms with Crippen molar-refractivity contribution in [3.05, 3.63) is 0 Å². The van der Waals surface area contributed by atoms with E-state index >= 15 is 0 Å². The Morgan fingerprint density at radius 2 is 2.29 bits per heavy atom. The van der Waals surface area contributed by atoms with Gasteiger partial charge in [0.25, 0.3) is 0 Å². The van der Waals surface area contributed by atoms with Gasteiger partial charge in [-0.15, -0.1) is 0 Å². The third-order valence-electron chi connectivity index (χ3n) is 1.16. The van der Waals surface area contributed by atoms with Crippen LogP contribution in [0.5, 0.6) is 0 Å². The molecule has 1 unspecified atom stereocenters. The predicted molar refractivity (Wildman–Crippen MR) is 36.6 cm³/mol. The van der Waals surface area contributed by atoms with Gasteiger partial charge in [-0.1, -0.05) is 0 Å². The average Bonchev–Trinajstić information content (AvgIpc) is 1.86. The maximum Gasteiger partial charge on any atom is 0.106 e. The summed E-state index contributed by atoms with van der Waals surface area (Å²) in [7, 11) is 0.410. The Bertz CT molecular complexity index is 78.1. The summed E-state index contributed by atoms with van der Waals surface area (Å²) >= 11 is 0. The standard InChI is InChI=1S/C5H10P.H2O/c1-6-4-2-3-5-6;/h4H,2-3,5H2,1H3;1H2/q+1;. The summed E-state index contributed by atoms with van der Waals surface area (Å²) < 4.78 is 0. The van der Waals surface area contributed by atoms with Crippen molar-refractivity contribution in [2.45, 2.75) is 12.8 Å². The van der Waals surface area contributed by atoms with Gasteiger partial charge in [0.1, 0.15) is 6.16 Å². The summed E-state index contributed by atoms with van der Waals surface area (Å²) in [5, 5.41) is 0. The summed E-state index contributed by atoms with van der Waals surface area (Å²) in [6.45, 7) is 2.35. The highest BCUT2D eigenvalue weighted by Crippen LogP contribution is 2.24. The van der Waals surface area contributed by atoms with Gasteiger partial charge in [0.05, 0.1) is 20.0 Å². The Hall–Kier alpha value is 0.130. The number of hydrogen-bond acceptors (Lipinski definition) is 0. The molecule has 1 nitrogen and oxygen atoms in total. The van der Waals surface area contributed by atoms with Crippen LogP contribution in [0.3, 0.4) is 0 Å². The Kier molecular flexibility index (Phi) is 3.23. The molecule has 0 aromatic rings. The second-order valence-corrected chi connectivity index (χ2v) is 4.13. The molecule has 0 radical (unpaired) electrons. The van der Waals surface area contributed by atoms with E-state index < -0.39 is 0 Å². The van der Waals surface area contributed by atoms with Crippen LogP contribution in [0.1, 0.15) is 12.8 Å². The summed E-state index contributed by atoms with van der Waals surface area (Å²) in [6.07, 6.45) is 4.35. The topological polar surface area (TPSA) is 31.5 Å². The van der Waals surface area contributed by atoms with Crippen LogP contribution in [0.2, 0.25) is 0 Å². The largest absolute Gasteiger partial charge is 0.412 e. The van der Waals surface area contributed by atoms with Crippen molar-refractivity contribution in [1.82, 2.24) is 0 Å². The van der Waals surface area contributed by atoms with Crippen LogP contribution < -0.4 is 0 Å². The molecule has 2 heteroatoms. The monoisotopic (exact) mass is 119 g/mol. The van der Waals surface area contributed by atoms with E-state index in [1.165, 1.54) is 19.0 Å². The fourth-order valence-electron chi connectivity index (χ4n) is 0.744. The highest BCUT2D eigenvalue weighted by Gasteiger charge is 2.06. The van der Waals surface area contributed by atoms with Crippen molar-refractivity contribution < 1.29 is 5.48 Å². The highest BCUT2D eigenvalue weighted by molar-refractivity contribution is 7.56. The third-order valence-corrected chi connectivity index (χ3v) is 3.06. The molecule has 0 amide bonds. The molecule has 1 aliphatic rings. The van der Waals surface area contributed by atoms with Crippen LogP contribution in [0.25, 0.3) is 0 Å². The summed E-state index contributed by atoms with van der Waals surface area (Å²) in [4.78, 5) is 0. The lowest BCUT2D eigenvalue weighted by Gasteiger charge is -1.67. The van der Waals surface area contributed by atoms with Crippen LogP contribution in [0.15, 0.2) is 0 Å². The quantitative estimate of drug-likeness (QED) is 0.424. The zero-order valence-electron chi connectivity index (χ0n) is 4.65. The van der Waals surface area contributed by atoms with Gasteiger partial charge in [0.15, 0.2) is 0 Å². The molecule has 1 heterocycles. The molecule has 42 valence electrons. The predicted octanol–water partition coefficient (Wildman–Crippen LogP) is 0.869. The molecule has 2 N–H and O–H groups in total. The van der Waals surface area contributed by atoms with E-state index in [-0.39, 0.29) is 5.48 Å². The molecule has 0 saturated carbocycles. The van der Waals surface area contributed by atoms with Gasteiger partial charge in [0.2, 0.25) is 0 Å². The van der Waals surface area contributed by atoms with Gasteiger partial charge >= 0.3 is 0 Å². The first-order valence-electron chi connectivity index (χ1n) is 2.43. The fourth-order valence-corrected chi connectivity index (χ4v) is 2.23. The lowest BCUT2D eigenvalue weighted by molar-refractivity contribution is 0.824. The fraction of sp³-hybridized carbons (Fsp3) is 0.800. The molecule has 7 heavy (non-hydrogen) atoms. The van der Waals surface area contributed by atoms with Crippen LogP contribution >= 0.6 is 7.55 Å². The maximum absolute atomic E-state index is 2.47. The molecule has 1 atom stereocenters. The van der Waals surface area contributed by atoms with Gasteiger partial charge in [0, 0.05) is 6.42 Å². The van der Waals surface area contributed by atoms with Crippen molar-refractivity contribution in [2.24, 2.45) is 0 Å². The van der Waals surface area contributed by atoms with Crippen LogP contribution in [-0.2, 0) is 0 Å². The molecular weight excluding hydrogens is 107 g/mol. The SMILES string of the molecule is C[P+]1=CCCC1.O. The minimum atomic E-state index is 0. The zero-order valence-corrected chi connectivity index (χ0v) is 5.54. The van der Waals surface area contributed by atoms with E-state index in [0.29, 0.717) is 7.55 Å². The van der Waals surface area contributed by atoms with Gasteiger partial charge in [-0.2, -0.15) is 0 Å². The van der Waals surface area contributed by atoms with E-state index in [2.05, 4.69) is 12.5 Å². The summed E-state index contributed by atoms with van der Waals surface area (Å²) in [5.74, 6) is 2.47. The Balaban J connectivity index is 0.000000360. The normalized spacial score (nSPS) is 23.3. The summed E-state index contributed by atoms with van der Waals surface area (Å²) in [5.41, 5.74) is 0. The van der Waals surface area contributed by atoms with Crippen molar-refractivity contribution in [3.8, 4) is 0 Å². The zero-order chi connectivity index (χ0) is 4.41. The lowest BCUT2D eigenvalue weighted by Crippen LogP contribution is -1.62. The molecule has 1 rings (SSSR count). The number of rotatable bonds is 0. The van der Waals surface area contributed by atoms with Crippen molar-refractivity contribution >= 4 is 13.3 Å². The van der Waals surface area contributed by atoms with Gasteiger partial charge < -0.3 is 5.48 Å². The Morgan fingerprint density at radius 3 is 2.43 bits per heavy atom. The van der Waals surface area contributed by atoms with Gasteiger partial charge in [-0.25, -0.2) is 0 Å². The smallest absolute Gasteiger partial charge is 0.106 e. The third kappa shape index (κ3) is 2.06. The lowest BCUT2D eigenvalue weighted by atomic mass is 10.4. The van der Waals surface area contributed by atoms with E-state index in [4.69, 9.17) is 0 Å². The second kappa shape index (κ2) is 3.17. The highest BCUT2D eigenvalue weighted by atomic mass is 31.1. The van der Waals surface area contributed by atoms with E-state index in [1.807, 2.05) is 0 Å². The van der Waals surface area contributed by atoms with Gasteiger partial charge in [-0.05, 0) is 6.42 Å². The molecule has 0 saturated heterocycles. The van der Waals surface area contributed by atoms with E-state index in [0.717, 1.165) is 0 Å². The molecular formula is C5H12OP+. The van der Waals surface area contributed by atoms with Crippen LogP contribution in [0.4, 0.5) is 0 Å². The first-order chi connectivity index (χ1) is 2.89. The van der Waals surface area contributed by atoms with Crippen LogP contribution in [-0.4, -0.2) is 24.1 Å². The minimum absolute atomic E-state index is 0. The van der Waals surface area contributed by atoms with Crippen LogP contribution in [0, 0.1) is 0 Å². The van der Waals surface area contributed by atoms with Crippen molar-refractivity contribution in [3.63, 3.8) is 0 Å². The van der Waals surface area contributed by atoms with E-state index in [9.17, 15) is 0 Å². The average molecular weight is 119 g/mol. The Morgan fingerprint density at radius 1 is 1.57 bits per heavy atom. The molecule has 0 fully saturated rings. The molecule has 0 aliphatic carbocycles. The molecule has 1 aliphatic heterocycles. The molecule has 0 bridgehead atoms. The first kappa shape index (κ1) is 7.13. The molecule has 0 aromatic heterocycles. The molecule has 0 spiro atoms. The second-order valence-electron chi connectivity index (χ2n) is 1.81. The Labute approximate surface area is 45.4 Å². The van der Waals surface area contributed by atoms with E-state index in [1.54, 1.807) is 0 Å². The maximum atomic E-state index is 2.47. The summed E-state index contributed by atoms with van der Waals surface area (Å²) in [6, 6.07) is 0. The number of hydrogen-bond donors (Lipinski definition) is 0. The first-order valence-corrected chi connectivity index (χ1v) is 4.47. The van der Waals surface area contributed by atoms with Gasteiger partial charge in [-0.3, -0.25) is 0 Å². The minimum Gasteiger partial charge on any atom is -0.412 e. The molecule has 0 aromatic carbocycles. The van der Waals surface area contributed by atoms with Crippen molar-refractivity contribution in [1.29, 1.82) is 0 Å². The van der Waals surface area contributed by atoms with Crippen molar-refractivity contribution in [2.75, 3.05) is 12.8 Å².